The topological polar surface area (TPSA) is 52.6 Å². The van der Waals surface area contributed by atoms with Crippen LogP contribution in [0.5, 0.6) is 11.5 Å². The van der Waals surface area contributed by atoms with Crippen LogP contribution in [0.3, 0.4) is 0 Å². The van der Waals surface area contributed by atoms with Gasteiger partial charge in [-0.3, -0.25) is 4.79 Å². The van der Waals surface area contributed by atoms with Crippen LogP contribution in [0.15, 0.2) is 78.9 Å². The van der Waals surface area contributed by atoms with Crippen LogP contribution in [0.2, 0.25) is 5.02 Å². The number of ether oxygens (including phenoxy) is 2. The van der Waals surface area contributed by atoms with Crippen LogP contribution in [0.4, 0.5) is 0 Å². The molecule has 0 fully saturated rings. The van der Waals surface area contributed by atoms with Gasteiger partial charge in [-0.15, -0.1) is 0 Å². The Hall–Kier alpha value is -3.37. The minimum absolute atomic E-state index is 0.160. The van der Waals surface area contributed by atoms with Gasteiger partial charge in [0.15, 0.2) is 5.78 Å². The number of carbonyl (C=O) groups excluding carboxylic acids is 2. The number of ketones is 1. The van der Waals surface area contributed by atoms with E-state index < -0.39 is 5.97 Å². The van der Waals surface area contributed by atoms with Crippen molar-refractivity contribution in [1.82, 2.24) is 0 Å². The zero-order valence-corrected chi connectivity index (χ0v) is 15.8. The lowest BCUT2D eigenvalue weighted by Crippen LogP contribution is -2.09. The van der Waals surface area contributed by atoms with E-state index in [0.717, 1.165) is 11.3 Å². The standard InChI is InChI=1S/C23H17ClO4/c1-27-19-6-4-5-16(15-19)9-14-22(25)17-10-12-18(13-11-17)28-23(26)20-7-2-3-8-21(20)24/h2-15H,1H3. The number of esters is 1. The predicted octanol–water partition coefficient (Wildman–Crippen LogP) is 5.46. The summed E-state index contributed by atoms with van der Waals surface area (Å²) < 4.78 is 10.5. The number of hydrogen-bond acceptors (Lipinski definition) is 4. The Morgan fingerprint density at radius 3 is 2.36 bits per heavy atom. The fourth-order valence-electron chi connectivity index (χ4n) is 2.49. The molecule has 0 saturated carbocycles. The van der Waals surface area contributed by atoms with Gasteiger partial charge < -0.3 is 9.47 Å². The first-order valence-corrected chi connectivity index (χ1v) is 8.88. The maximum atomic E-state index is 12.3. The third kappa shape index (κ3) is 4.87. The average Bonchev–Trinajstić information content (AvgIpc) is 2.73. The molecule has 0 spiro atoms. The van der Waals surface area contributed by atoms with Gasteiger partial charge >= 0.3 is 5.97 Å². The Morgan fingerprint density at radius 2 is 1.64 bits per heavy atom. The number of benzene rings is 3. The first-order chi connectivity index (χ1) is 13.6. The van der Waals surface area contributed by atoms with Crippen LogP contribution in [0.25, 0.3) is 6.08 Å². The fraction of sp³-hybridized carbons (Fsp3) is 0.0435. The normalized spacial score (nSPS) is 10.6. The number of methoxy groups -OCH3 is 1. The molecular weight excluding hydrogens is 376 g/mol. The van der Waals surface area contributed by atoms with Gasteiger partial charge in [-0.25, -0.2) is 4.79 Å². The second-order valence-electron chi connectivity index (χ2n) is 5.87. The highest BCUT2D eigenvalue weighted by Gasteiger charge is 2.12. The van der Waals surface area contributed by atoms with Gasteiger partial charge in [0.1, 0.15) is 11.5 Å². The first-order valence-electron chi connectivity index (χ1n) is 8.50. The Kier molecular flexibility index (Phi) is 6.25. The summed E-state index contributed by atoms with van der Waals surface area (Å²) in [6.45, 7) is 0. The van der Waals surface area contributed by atoms with E-state index >= 15 is 0 Å². The van der Waals surface area contributed by atoms with Crippen LogP contribution in [-0.2, 0) is 0 Å². The lowest BCUT2D eigenvalue weighted by Gasteiger charge is -2.06. The summed E-state index contributed by atoms with van der Waals surface area (Å²) >= 11 is 6.00. The molecule has 28 heavy (non-hydrogen) atoms. The molecule has 0 aliphatic heterocycles. The first kappa shape index (κ1) is 19.4. The summed E-state index contributed by atoms with van der Waals surface area (Å²) in [6.07, 6.45) is 3.20. The van der Waals surface area contributed by atoms with E-state index in [4.69, 9.17) is 21.1 Å². The molecule has 0 radical (unpaired) electrons. The third-order valence-electron chi connectivity index (χ3n) is 3.96. The van der Waals surface area contributed by atoms with Crippen LogP contribution in [0.1, 0.15) is 26.3 Å². The fourth-order valence-corrected chi connectivity index (χ4v) is 2.70. The van der Waals surface area contributed by atoms with E-state index in [1.807, 2.05) is 24.3 Å². The molecule has 5 heteroatoms. The van der Waals surface area contributed by atoms with Crippen molar-refractivity contribution in [1.29, 1.82) is 0 Å². The molecule has 0 atom stereocenters. The van der Waals surface area contributed by atoms with E-state index in [1.165, 1.54) is 6.08 Å². The minimum Gasteiger partial charge on any atom is -0.497 e. The highest BCUT2D eigenvalue weighted by atomic mass is 35.5. The highest BCUT2D eigenvalue weighted by molar-refractivity contribution is 6.33. The maximum absolute atomic E-state index is 12.3. The van der Waals surface area contributed by atoms with Crippen molar-refractivity contribution >= 4 is 29.4 Å². The largest absolute Gasteiger partial charge is 0.497 e. The number of allylic oxidation sites excluding steroid dienone is 1. The van der Waals surface area contributed by atoms with E-state index in [9.17, 15) is 9.59 Å². The number of hydrogen-bond donors (Lipinski definition) is 0. The van der Waals surface area contributed by atoms with Crippen LogP contribution < -0.4 is 9.47 Å². The van der Waals surface area contributed by atoms with Gasteiger partial charge in [-0.1, -0.05) is 41.9 Å². The quantitative estimate of drug-likeness (QED) is 0.242. The van der Waals surface area contributed by atoms with Gasteiger partial charge in [-0.2, -0.15) is 0 Å². The Bertz CT molecular complexity index is 1020. The molecule has 3 aromatic carbocycles. The third-order valence-corrected chi connectivity index (χ3v) is 4.29. The van der Waals surface area contributed by atoms with Crippen molar-refractivity contribution in [3.05, 3.63) is 101 Å². The molecule has 0 amide bonds. The van der Waals surface area contributed by atoms with Crippen molar-refractivity contribution in [3.8, 4) is 11.5 Å². The molecule has 0 heterocycles. The molecule has 0 bridgehead atoms. The zero-order valence-electron chi connectivity index (χ0n) is 15.1. The molecule has 4 nitrogen and oxygen atoms in total. The second kappa shape index (κ2) is 9.02. The van der Waals surface area contributed by atoms with Crippen LogP contribution in [0, 0.1) is 0 Å². The summed E-state index contributed by atoms with van der Waals surface area (Å²) in [4.78, 5) is 24.5. The number of halogens is 1. The molecule has 0 aliphatic rings. The summed E-state index contributed by atoms with van der Waals surface area (Å²) in [5, 5.41) is 0.321. The monoisotopic (exact) mass is 392 g/mol. The zero-order chi connectivity index (χ0) is 19.9. The van der Waals surface area contributed by atoms with Gasteiger partial charge in [0.25, 0.3) is 0 Å². The van der Waals surface area contributed by atoms with Crippen molar-refractivity contribution in [2.75, 3.05) is 7.11 Å². The molecule has 0 aromatic heterocycles. The number of carbonyl (C=O) groups is 2. The SMILES string of the molecule is COc1cccc(C=CC(=O)c2ccc(OC(=O)c3ccccc3Cl)cc2)c1. The average molecular weight is 393 g/mol. The molecule has 3 aromatic rings. The van der Waals surface area contributed by atoms with Gasteiger partial charge in [0.05, 0.1) is 17.7 Å². The highest BCUT2D eigenvalue weighted by Crippen LogP contribution is 2.20. The lowest BCUT2D eigenvalue weighted by molar-refractivity contribution is 0.0735. The molecule has 3 rings (SSSR count). The summed E-state index contributed by atoms with van der Waals surface area (Å²) in [6, 6.07) is 20.4. The lowest BCUT2D eigenvalue weighted by atomic mass is 10.1. The molecule has 0 aliphatic carbocycles. The van der Waals surface area contributed by atoms with E-state index in [1.54, 1.807) is 61.7 Å². The minimum atomic E-state index is -0.553. The van der Waals surface area contributed by atoms with Crippen LogP contribution in [-0.4, -0.2) is 18.9 Å². The summed E-state index contributed by atoms with van der Waals surface area (Å²) in [7, 11) is 1.59. The molecular formula is C23H17ClO4. The molecule has 0 unspecified atom stereocenters. The maximum Gasteiger partial charge on any atom is 0.345 e. The van der Waals surface area contributed by atoms with E-state index in [2.05, 4.69) is 0 Å². The number of rotatable bonds is 6. The predicted molar refractivity (Wildman–Crippen MR) is 109 cm³/mol. The van der Waals surface area contributed by atoms with E-state index in [-0.39, 0.29) is 11.3 Å². The van der Waals surface area contributed by atoms with Crippen molar-refractivity contribution in [2.24, 2.45) is 0 Å². The van der Waals surface area contributed by atoms with Crippen LogP contribution >= 0.6 is 11.6 Å². The van der Waals surface area contributed by atoms with Crippen molar-refractivity contribution < 1.29 is 19.1 Å². The Morgan fingerprint density at radius 1 is 0.893 bits per heavy atom. The van der Waals surface area contributed by atoms with E-state index in [0.29, 0.717) is 16.3 Å². The summed E-state index contributed by atoms with van der Waals surface area (Å²) in [5.74, 6) is 0.340. The van der Waals surface area contributed by atoms with Gasteiger partial charge in [0, 0.05) is 5.56 Å². The van der Waals surface area contributed by atoms with Crippen molar-refractivity contribution in [3.63, 3.8) is 0 Å². The van der Waals surface area contributed by atoms with Crippen molar-refractivity contribution in [2.45, 2.75) is 0 Å². The Labute approximate surface area is 168 Å². The van der Waals surface area contributed by atoms with Gasteiger partial charge in [-0.05, 0) is 60.2 Å². The molecule has 0 saturated heterocycles. The molecule has 0 N–H and O–H groups in total. The summed E-state index contributed by atoms with van der Waals surface area (Å²) in [5.41, 5.74) is 1.63. The van der Waals surface area contributed by atoms with Gasteiger partial charge in [0.2, 0.25) is 0 Å². The Balaban J connectivity index is 1.66. The molecule has 140 valence electrons. The second-order valence-corrected chi connectivity index (χ2v) is 6.28. The smallest absolute Gasteiger partial charge is 0.345 e.